The van der Waals surface area contributed by atoms with Crippen molar-refractivity contribution in [2.24, 2.45) is 87.6 Å². The molecule has 0 spiro atoms. The van der Waals surface area contributed by atoms with E-state index in [1.165, 1.54) is 12.1 Å². The summed E-state index contributed by atoms with van der Waals surface area (Å²) in [5.74, 6) is -11.8. The number of carboxylic acid groups (broad SMARTS) is 2. The van der Waals surface area contributed by atoms with Gasteiger partial charge in [-0.1, -0.05) is 23.4 Å². The van der Waals surface area contributed by atoms with Gasteiger partial charge in [0.05, 0.1) is 48.6 Å². The molecule has 3 aliphatic heterocycles. The summed E-state index contributed by atoms with van der Waals surface area (Å²) < 4.78 is 1.67. The second-order valence-electron chi connectivity index (χ2n) is 28.6. The number of aliphatic imine (C=N–C) groups is 3. The van der Waals surface area contributed by atoms with Crippen molar-refractivity contribution in [2.75, 3.05) is 105 Å². The van der Waals surface area contributed by atoms with Crippen molar-refractivity contribution in [2.45, 2.75) is 133 Å². The van der Waals surface area contributed by atoms with E-state index in [2.05, 4.69) is 98.2 Å². The number of benzene rings is 1. The summed E-state index contributed by atoms with van der Waals surface area (Å²) in [6.45, 7) is 2.54. The van der Waals surface area contributed by atoms with Gasteiger partial charge < -0.3 is 115 Å². The average Bonchev–Trinajstić information content (AvgIpc) is 1.80. The van der Waals surface area contributed by atoms with Gasteiger partial charge in [0.1, 0.15) is 57.2 Å². The number of aliphatic carboxylic acids is 2. The second kappa shape index (κ2) is 53.6. The Kier molecular flexibility index (Phi) is 43.9. The molecule has 7 rings (SSSR count). The molecule has 6 atom stereocenters. The summed E-state index contributed by atoms with van der Waals surface area (Å²) in [4.78, 5) is 189. The van der Waals surface area contributed by atoms with Gasteiger partial charge in [0, 0.05) is 147 Å². The zero-order valence-electron chi connectivity index (χ0n) is 68.3. The van der Waals surface area contributed by atoms with Gasteiger partial charge in [0.15, 0.2) is 33.0 Å². The number of fused-ring (bicyclic) bond motifs is 8. The number of hydrogen-bond acceptors (Lipinski definition) is 26. The topological polar surface area (TPSA) is 836 Å². The Morgan fingerprint density at radius 2 is 0.800 bits per heavy atom. The Balaban J connectivity index is 0.0000277. The van der Waals surface area contributed by atoms with Gasteiger partial charge in [-0.15, -0.1) is 5.10 Å². The molecule has 689 valence electrons. The van der Waals surface area contributed by atoms with E-state index in [0.717, 1.165) is 0 Å². The Bertz CT molecular complexity index is 4470. The first-order valence-electron chi connectivity index (χ1n) is 39.3. The first kappa shape index (κ1) is 102. The Labute approximate surface area is 744 Å². The smallest absolute Gasteiger partial charge is 0.317 e. The number of nitrogens with two attached hydrogens (primary N) is 10. The quantitative estimate of drug-likeness (QED) is 0.00642. The van der Waals surface area contributed by atoms with Crippen LogP contribution in [0.1, 0.15) is 104 Å². The van der Waals surface area contributed by atoms with Gasteiger partial charge in [-0.05, 0) is 125 Å². The number of guanidine groups is 6. The minimum Gasteiger partial charge on any atom is -0.480 e. The van der Waals surface area contributed by atoms with Gasteiger partial charge in [-0.2, -0.15) is 0 Å². The fourth-order valence-electron chi connectivity index (χ4n) is 13.0. The number of carbonyl (C=O) groups excluding carboxylic acids is 7. The number of rotatable bonds is 45. The van der Waals surface area contributed by atoms with E-state index < -0.39 is 123 Å². The monoisotopic (exact) mass is 1910 g/mol. The molecule has 31 N–H and O–H groups in total. The third-order valence-electron chi connectivity index (χ3n) is 19.0. The molecule has 0 aliphatic carbocycles. The van der Waals surface area contributed by atoms with Crippen LogP contribution in [-0.4, -0.2) is 300 Å². The molecule has 7 amide bonds. The molecule has 3 aromatic heterocycles. The van der Waals surface area contributed by atoms with Crippen LogP contribution in [0, 0.1) is 67.2 Å². The van der Waals surface area contributed by atoms with Crippen LogP contribution in [0.15, 0.2) is 91.1 Å². The van der Waals surface area contributed by atoms with Gasteiger partial charge in [-0.3, -0.25) is 82.7 Å². The summed E-state index contributed by atoms with van der Waals surface area (Å²) >= 11 is 0. The van der Waals surface area contributed by atoms with E-state index in [-0.39, 0.29) is 203 Å². The van der Waals surface area contributed by atoms with E-state index in [9.17, 15) is 78.9 Å². The minimum atomic E-state index is -1.67. The molecule has 1 fully saturated rings. The largest absolute Gasteiger partial charge is 0.480 e. The number of amides is 7. The molecule has 6 bridgehead atoms. The van der Waals surface area contributed by atoms with E-state index >= 15 is 4.79 Å². The molecular formula is C70H109N37O17Tm. The molecule has 55 heteroatoms. The summed E-state index contributed by atoms with van der Waals surface area (Å²) in [6, 6.07) is 6.14. The Morgan fingerprint density at radius 1 is 0.440 bits per heavy atom. The predicted molar refractivity (Wildman–Crippen MR) is 448 cm³/mol. The van der Waals surface area contributed by atoms with Crippen LogP contribution >= 0.6 is 0 Å². The third kappa shape index (κ3) is 39.2. The van der Waals surface area contributed by atoms with Gasteiger partial charge in [0.25, 0.3) is 23.8 Å². The van der Waals surface area contributed by atoms with E-state index in [4.69, 9.17) is 67.3 Å². The maximum atomic E-state index is 15.1. The molecule has 4 aromatic rings. The van der Waals surface area contributed by atoms with Crippen LogP contribution in [0.3, 0.4) is 0 Å². The molecule has 54 nitrogen and oxygen atoms in total. The number of nitrogens with one attached hydrogen (secondary N) is 9. The van der Waals surface area contributed by atoms with Crippen molar-refractivity contribution in [3.8, 4) is 22.5 Å². The number of carboxylic acids is 2. The molecule has 0 saturated carbocycles. The van der Waals surface area contributed by atoms with E-state index in [0.29, 0.717) is 98.5 Å². The van der Waals surface area contributed by atoms with Crippen LogP contribution in [0.5, 0.6) is 0 Å². The van der Waals surface area contributed by atoms with Gasteiger partial charge in [0.2, 0.25) is 35.4 Å². The van der Waals surface area contributed by atoms with Crippen LogP contribution in [0.25, 0.3) is 22.5 Å². The summed E-state index contributed by atoms with van der Waals surface area (Å²) in [5.41, 5.74) is 60.4. The third-order valence-corrected chi connectivity index (χ3v) is 19.0. The van der Waals surface area contributed by atoms with Crippen molar-refractivity contribution < 1.29 is 105 Å². The molecule has 1 aromatic carbocycles. The van der Waals surface area contributed by atoms with Crippen molar-refractivity contribution >= 4 is 89.0 Å². The number of hydrazone groups is 3. The molecule has 3 aliphatic rings. The number of primary amides is 1. The van der Waals surface area contributed by atoms with E-state index in [1.54, 1.807) is 23.0 Å². The minimum absolute atomic E-state index is 0. The van der Waals surface area contributed by atoms with Crippen molar-refractivity contribution in [3.63, 3.8) is 0 Å². The normalized spacial score (nSPS) is 16.0. The molecule has 0 unspecified atom stereocenters. The van der Waals surface area contributed by atoms with Crippen molar-refractivity contribution in [3.05, 3.63) is 114 Å². The molecule has 1 radical (unpaired) electrons. The standard InChI is InChI=1S/C70H109N37O17.Tm/c71-58(112)49(10-2-23-84-68(78)96-105(119)120)90-60(114)51(12-4-21-82-66(74)75)92-63(117)54(15-7-25-86-70(80)98-107(123)124)95-62(116)52(13-5-22-83-67(76)77)94-64(118)53(14-6-24-85-69(79)97-106(121)122)93-61(115)50(11-3-20-81-65(72)73)91-59(113)43-18-16-42(17-19-43)44-34-46-38-101-28-32-102(40-56(108)109)30-26-100(27-31-103(33-29-101)41-57(110)111)37-45-8-1-9-48(89-45)55-36-87-99-104(55)39-47(35-44)88-46;/h1,8-9,16-19,34-36,49-54H,2-7,10-15,20-33,37-41H2,(H2,71,112)(H,90,114)(H,91,113)(H,92,117)(H,93,115)(H,94,118)(H,95,116)(H,108,109)(H,110,111)(H4,72,73,81)(H4,74,75,82)(H4,76,77,83)(H3,78,84,96)(H3,79,85,97)(H3,80,86,98);/t49-,50+,51+,52+,53-,54-;/m0./s1. The summed E-state index contributed by atoms with van der Waals surface area (Å²) in [7, 11) is 0. The SMILES string of the molecule is NC(=O)[C@H](CCCN/C(N)=N/[N+](=O)[O-])NC(=O)[C@@H](CCCN=C(N)N)NC(=O)[C@H](CCCN/C(N)=N/[N+](=O)[O-])NC(=O)[C@@H](CCCN=C(N)N)NC(=O)[C@H](CCCN/C(N)=N/[N+](=O)[O-])NC(=O)[C@@H](CCCN=C(N)N)NC(=O)c1ccc(-c2cc3nc(c2)Cn2nncc2-c2cccc(n2)CN2CCN(CC(=O)O)CCN(CCN(CC(=O)O)CC2)C3)cc1.[Tm]. The number of hydrogen-bond donors (Lipinski definition) is 21. The van der Waals surface area contributed by atoms with Crippen molar-refractivity contribution in [1.29, 1.82) is 0 Å². The maximum absolute atomic E-state index is 15.1. The van der Waals surface area contributed by atoms with E-state index in [1.807, 2.05) is 40.1 Å². The van der Waals surface area contributed by atoms with Crippen molar-refractivity contribution in [1.82, 2.24) is 92.4 Å². The number of pyridine rings is 2. The fourth-order valence-corrected chi connectivity index (χ4v) is 13.0. The zero-order valence-corrected chi connectivity index (χ0v) is 70.1. The van der Waals surface area contributed by atoms with Crippen LogP contribution in [0.2, 0.25) is 0 Å². The molecule has 125 heavy (non-hydrogen) atoms. The molecule has 6 heterocycles. The van der Waals surface area contributed by atoms with Gasteiger partial charge in [-0.25, -0.2) is 40.0 Å². The number of nitro groups is 3. The van der Waals surface area contributed by atoms with Crippen LogP contribution in [0.4, 0.5) is 0 Å². The second-order valence-corrected chi connectivity index (χ2v) is 28.6. The Morgan fingerprint density at radius 3 is 1.18 bits per heavy atom. The zero-order chi connectivity index (χ0) is 90.8. The summed E-state index contributed by atoms with van der Waals surface area (Å²) in [6.07, 6.45) is -0.205. The maximum Gasteiger partial charge on any atom is 0.317 e. The van der Waals surface area contributed by atoms with Gasteiger partial charge >= 0.3 is 11.9 Å². The number of aromatic nitrogens is 5. The van der Waals surface area contributed by atoms with Crippen LogP contribution in [-0.2, 0) is 58.0 Å². The number of carbonyl (C=O) groups is 9. The Hall–Kier alpha value is -13.2. The first-order chi connectivity index (χ1) is 59.0. The summed E-state index contributed by atoms with van der Waals surface area (Å²) in [5, 5.41) is 90.7. The molecule has 1 saturated heterocycles. The molecular weight excluding hydrogens is 1800 g/mol. The van der Waals surface area contributed by atoms with Crippen LogP contribution < -0.4 is 105 Å². The predicted octanol–water partition coefficient (Wildman–Crippen LogP) is -8.35. The average molecular weight is 1910 g/mol. The fraction of sp³-hybridized carbons (Fsp3) is 0.529. The first-order valence-corrected chi connectivity index (χ1v) is 39.3. The number of nitrogens with zero attached hydrogens (tertiary/aromatic N) is 18.